The lowest BCUT2D eigenvalue weighted by atomic mass is 10.0. The van der Waals surface area contributed by atoms with Crippen LogP contribution in [0.15, 0.2) is 12.1 Å². The highest BCUT2D eigenvalue weighted by atomic mass is 19.1. The summed E-state index contributed by atoms with van der Waals surface area (Å²) in [5.41, 5.74) is 4.52. The Balaban J connectivity index is 2.07. The van der Waals surface area contributed by atoms with E-state index in [2.05, 4.69) is 5.32 Å². The molecule has 0 saturated carbocycles. The number of nitrogens with one attached hydrogen (secondary N) is 1. The van der Waals surface area contributed by atoms with E-state index in [9.17, 15) is 13.6 Å². The van der Waals surface area contributed by atoms with Crippen molar-refractivity contribution in [2.24, 2.45) is 0 Å². The first kappa shape index (κ1) is 13.7. The maximum absolute atomic E-state index is 13.3. The van der Waals surface area contributed by atoms with Crippen molar-refractivity contribution in [3.63, 3.8) is 0 Å². The number of amides is 1. The van der Waals surface area contributed by atoms with Crippen LogP contribution in [0.5, 0.6) is 0 Å². The monoisotopic (exact) mass is 270 g/mol. The van der Waals surface area contributed by atoms with Crippen LogP contribution in [0, 0.1) is 11.6 Å². The van der Waals surface area contributed by atoms with E-state index in [0.717, 1.165) is 12.1 Å². The topological polar surface area (TPSA) is 64.4 Å². The molecule has 0 bridgehead atoms. The molecular weight excluding hydrogens is 254 g/mol. The Labute approximate surface area is 109 Å². The average Bonchev–Trinajstić information content (AvgIpc) is 2.35. The van der Waals surface area contributed by atoms with Gasteiger partial charge in [-0.15, -0.1) is 0 Å². The molecule has 1 aromatic rings. The fourth-order valence-corrected chi connectivity index (χ4v) is 2.11. The van der Waals surface area contributed by atoms with Gasteiger partial charge in [-0.2, -0.15) is 0 Å². The van der Waals surface area contributed by atoms with E-state index in [1.807, 2.05) is 6.92 Å². The lowest BCUT2D eigenvalue weighted by molar-refractivity contribution is 0.0136. The van der Waals surface area contributed by atoms with Crippen LogP contribution < -0.4 is 11.1 Å². The molecule has 6 heteroatoms. The summed E-state index contributed by atoms with van der Waals surface area (Å²) in [4.78, 5) is 11.9. The molecule has 2 atom stereocenters. The Hall–Kier alpha value is -1.69. The normalized spacial score (nSPS) is 23.1. The van der Waals surface area contributed by atoms with Crippen molar-refractivity contribution in [3.8, 4) is 0 Å². The number of benzene rings is 1. The number of halogens is 2. The minimum absolute atomic E-state index is 0.0417. The van der Waals surface area contributed by atoms with Gasteiger partial charge < -0.3 is 15.8 Å². The first-order valence-corrected chi connectivity index (χ1v) is 6.14. The molecule has 0 aromatic heterocycles. The third-order valence-electron chi connectivity index (χ3n) is 3.16. The summed E-state index contributed by atoms with van der Waals surface area (Å²) >= 11 is 0. The molecule has 1 saturated heterocycles. The number of carbonyl (C=O) groups excluding carboxylic acids is 1. The molecular formula is C13H16F2N2O2. The number of carbonyl (C=O) groups is 1. The highest BCUT2D eigenvalue weighted by Gasteiger charge is 2.22. The highest BCUT2D eigenvalue weighted by Crippen LogP contribution is 2.18. The Morgan fingerprint density at radius 2 is 2.05 bits per heavy atom. The first-order chi connectivity index (χ1) is 8.97. The van der Waals surface area contributed by atoms with E-state index in [1.165, 1.54) is 0 Å². The average molecular weight is 270 g/mol. The molecule has 0 radical (unpaired) electrons. The predicted molar refractivity (Wildman–Crippen MR) is 66.7 cm³/mol. The van der Waals surface area contributed by atoms with Crippen LogP contribution in [0.4, 0.5) is 14.5 Å². The van der Waals surface area contributed by atoms with Crippen molar-refractivity contribution in [2.75, 3.05) is 12.3 Å². The second-order valence-electron chi connectivity index (χ2n) is 4.73. The molecule has 1 aliphatic rings. The smallest absolute Gasteiger partial charge is 0.251 e. The van der Waals surface area contributed by atoms with Gasteiger partial charge in [-0.25, -0.2) is 8.78 Å². The van der Waals surface area contributed by atoms with Gasteiger partial charge in [0.25, 0.3) is 5.91 Å². The number of anilines is 1. The van der Waals surface area contributed by atoms with Gasteiger partial charge >= 0.3 is 0 Å². The molecule has 1 amide bonds. The summed E-state index contributed by atoms with van der Waals surface area (Å²) in [6.07, 6.45) is 1.45. The predicted octanol–water partition coefficient (Wildman–Crippen LogP) is 1.84. The van der Waals surface area contributed by atoms with E-state index >= 15 is 0 Å². The zero-order valence-electron chi connectivity index (χ0n) is 10.6. The molecule has 104 valence electrons. The second kappa shape index (κ2) is 5.52. The van der Waals surface area contributed by atoms with Crippen LogP contribution in [0.1, 0.15) is 30.1 Å². The van der Waals surface area contributed by atoms with E-state index in [4.69, 9.17) is 10.5 Å². The molecule has 19 heavy (non-hydrogen) atoms. The minimum Gasteiger partial charge on any atom is -0.394 e. The van der Waals surface area contributed by atoms with Crippen LogP contribution >= 0.6 is 0 Å². The van der Waals surface area contributed by atoms with Gasteiger partial charge in [-0.1, -0.05) is 0 Å². The summed E-state index contributed by atoms with van der Waals surface area (Å²) in [5, 5.41) is 2.75. The molecule has 1 fully saturated rings. The summed E-state index contributed by atoms with van der Waals surface area (Å²) in [6, 6.07) is 1.84. The van der Waals surface area contributed by atoms with Crippen LogP contribution in [0.25, 0.3) is 0 Å². The van der Waals surface area contributed by atoms with Crippen molar-refractivity contribution in [1.82, 2.24) is 5.32 Å². The summed E-state index contributed by atoms with van der Waals surface area (Å²) in [7, 11) is 0. The van der Waals surface area contributed by atoms with Crippen LogP contribution in [-0.4, -0.2) is 24.7 Å². The van der Waals surface area contributed by atoms with Gasteiger partial charge in [0.15, 0.2) is 0 Å². The number of hydrogen-bond donors (Lipinski definition) is 2. The summed E-state index contributed by atoms with van der Waals surface area (Å²) in [6.45, 7) is 2.48. The van der Waals surface area contributed by atoms with E-state index in [1.54, 1.807) is 0 Å². The van der Waals surface area contributed by atoms with E-state index < -0.39 is 23.2 Å². The molecule has 1 heterocycles. The number of ether oxygens (including phenoxy) is 1. The zero-order chi connectivity index (χ0) is 14.0. The SMILES string of the molecule is CC1CC(NC(=O)c2cc(F)c(N)c(F)c2)CCO1. The van der Waals surface area contributed by atoms with Gasteiger partial charge in [0.2, 0.25) is 0 Å². The van der Waals surface area contributed by atoms with Crippen molar-refractivity contribution < 1.29 is 18.3 Å². The largest absolute Gasteiger partial charge is 0.394 e. The molecule has 0 aliphatic carbocycles. The van der Waals surface area contributed by atoms with Gasteiger partial charge in [0, 0.05) is 18.2 Å². The van der Waals surface area contributed by atoms with Crippen LogP contribution in [-0.2, 0) is 4.74 Å². The second-order valence-corrected chi connectivity index (χ2v) is 4.73. The van der Waals surface area contributed by atoms with Gasteiger partial charge in [0.05, 0.1) is 6.10 Å². The third-order valence-corrected chi connectivity index (χ3v) is 3.16. The van der Waals surface area contributed by atoms with Gasteiger partial charge in [0.1, 0.15) is 17.3 Å². The maximum Gasteiger partial charge on any atom is 0.251 e. The zero-order valence-corrected chi connectivity index (χ0v) is 10.6. The summed E-state index contributed by atoms with van der Waals surface area (Å²) < 4.78 is 31.9. The molecule has 4 nitrogen and oxygen atoms in total. The fourth-order valence-electron chi connectivity index (χ4n) is 2.11. The molecule has 2 rings (SSSR count). The molecule has 3 N–H and O–H groups in total. The number of nitrogen functional groups attached to an aromatic ring is 1. The van der Waals surface area contributed by atoms with E-state index in [-0.39, 0.29) is 17.7 Å². The Morgan fingerprint density at radius 3 is 2.63 bits per heavy atom. The number of hydrogen-bond acceptors (Lipinski definition) is 3. The Bertz CT molecular complexity index is 471. The molecule has 2 unspecified atom stereocenters. The maximum atomic E-state index is 13.3. The summed E-state index contributed by atoms with van der Waals surface area (Å²) in [5.74, 6) is -2.35. The fraction of sp³-hybridized carbons (Fsp3) is 0.462. The standard InChI is InChI=1S/C13H16F2N2O2/c1-7-4-9(2-3-19-7)17-13(18)8-5-10(14)12(16)11(15)6-8/h5-7,9H,2-4,16H2,1H3,(H,17,18). The van der Waals surface area contributed by atoms with Crippen LogP contribution in [0.3, 0.4) is 0 Å². The van der Waals surface area contributed by atoms with Crippen LogP contribution in [0.2, 0.25) is 0 Å². The molecule has 1 aliphatic heterocycles. The van der Waals surface area contributed by atoms with Crippen molar-refractivity contribution in [2.45, 2.75) is 31.9 Å². The molecule has 0 spiro atoms. The van der Waals surface area contributed by atoms with E-state index in [0.29, 0.717) is 19.4 Å². The third kappa shape index (κ3) is 3.20. The Kier molecular flexibility index (Phi) is 3.99. The lowest BCUT2D eigenvalue weighted by Gasteiger charge is -2.27. The van der Waals surface area contributed by atoms with Gasteiger partial charge in [-0.05, 0) is 31.9 Å². The molecule has 1 aromatic carbocycles. The minimum atomic E-state index is -0.925. The Morgan fingerprint density at radius 1 is 1.42 bits per heavy atom. The first-order valence-electron chi connectivity index (χ1n) is 6.14. The lowest BCUT2D eigenvalue weighted by Crippen LogP contribution is -2.41. The van der Waals surface area contributed by atoms with Gasteiger partial charge in [-0.3, -0.25) is 4.79 Å². The van der Waals surface area contributed by atoms with Crippen molar-refractivity contribution >= 4 is 11.6 Å². The number of nitrogens with two attached hydrogens (primary N) is 1. The van der Waals surface area contributed by atoms with Crippen molar-refractivity contribution in [3.05, 3.63) is 29.3 Å². The highest BCUT2D eigenvalue weighted by molar-refractivity contribution is 5.94. The van der Waals surface area contributed by atoms with Crippen molar-refractivity contribution in [1.29, 1.82) is 0 Å². The number of rotatable bonds is 2. The quantitative estimate of drug-likeness (QED) is 0.806.